The zero-order chi connectivity index (χ0) is 15.4. The molecule has 0 atom stereocenters. The molecule has 22 heavy (non-hydrogen) atoms. The molecule has 0 saturated carbocycles. The van der Waals surface area contributed by atoms with E-state index < -0.39 is 0 Å². The van der Waals surface area contributed by atoms with Crippen LogP contribution in [0.15, 0.2) is 72.8 Å². The van der Waals surface area contributed by atoms with Crippen LogP contribution in [0, 0.1) is 5.82 Å². The molecule has 0 unspecified atom stereocenters. The molecule has 3 heteroatoms. The molecule has 0 fully saturated rings. The molecular weight excluding hydrogens is 277 g/mol. The van der Waals surface area contributed by atoms with E-state index in [4.69, 9.17) is 0 Å². The van der Waals surface area contributed by atoms with Crippen LogP contribution in [0.3, 0.4) is 0 Å². The van der Waals surface area contributed by atoms with Crippen molar-refractivity contribution in [2.75, 3.05) is 5.32 Å². The van der Waals surface area contributed by atoms with Crippen molar-refractivity contribution >= 4 is 5.69 Å². The van der Waals surface area contributed by atoms with Crippen molar-refractivity contribution in [3.05, 3.63) is 84.2 Å². The molecule has 0 aliphatic heterocycles. The summed E-state index contributed by atoms with van der Waals surface area (Å²) in [6.07, 6.45) is 0. The monoisotopic (exact) mass is 293 g/mol. The largest absolute Gasteiger partial charge is 0.508 e. The highest BCUT2D eigenvalue weighted by Crippen LogP contribution is 2.25. The Morgan fingerprint density at radius 3 is 2.32 bits per heavy atom. The summed E-state index contributed by atoms with van der Waals surface area (Å²) in [7, 11) is 0. The van der Waals surface area contributed by atoms with E-state index in [0.29, 0.717) is 17.8 Å². The van der Waals surface area contributed by atoms with Gasteiger partial charge >= 0.3 is 0 Å². The van der Waals surface area contributed by atoms with Gasteiger partial charge in [-0.3, -0.25) is 0 Å². The fraction of sp³-hybridized carbons (Fsp3) is 0.0526. The number of para-hydroxylation sites is 1. The second-order valence-electron chi connectivity index (χ2n) is 5.04. The fourth-order valence-electron chi connectivity index (χ4n) is 2.33. The number of halogens is 1. The summed E-state index contributed by atoms with van der Waals surface area (Å²) in [6, 6.07) is 21.6. The minimum absolute atomic E-state index is 0.233. The first-order valence-electron chi connectivity index (χ1n) is 7.10. The Labute approximate surface area is 128 Å². The minimum Gasteiger partial charge on any atom is -0.508 e. The highest BCUT2D eigenvalue weighted by atomic mass is 19.1. The lowest BCUT2D eigenvalue weighted by Gasteiger charge is -2.10. The summed E-state index contributed by atoms with van der Waals surface area (Å²) < 4.78 is 14.3. The van der Waals surface area contributed by atoms with Crippen LogP contribution in [0.1, 0.15) is 5.56 Å². The van der Waals surface area contributed by atoms with Gasteiger partial charge in [-0.15, -0.1) is 0 Å². The summed E-state index contributed by atoms with van der Waals surface area (Å²) in [5.74, 6) is -0.0372. The first-order chi connectivity index (χ1) is 10.7. The van der Waals surface area contributed by atoms with Gasteiger partial charge in [0.25, 0.3) is 0 Å². The lowest BCUT2D eigenvalue weighted by atomic mass is 10.0. The molecule has 0 aliphatic rings. The highest BCUT2D eigenvalue weighted by Gasteiger charge is 2.06. The van der Waals surface area contributed by atoms with Crippen LogP contribution < -0.4 is 5.32 Å². The zero-order valence-electron chi connectivity index (χ0n) is 12.0. The summed E-state index contributed by atoms with van der Waals surface area (Å²) in [4.78, 5) is 0. The van der Waals surface area contributed by atoms with Crippen LogP contribution >= 0.6 is 0 Å². The van der Waals surface area contributed by atoms with Gasteiger partial charge in [0.1, 0.15) is 11.6 Å². The van der Waals surface area contributed by atoms with E-state index >= 15 is 0 Å². The van der Waals surface area contributed by atoms with Crippen molar-refractivity contribution in [3.63, 3.8) is 0 Å². The van der Waals surface area contributed by atoms with Gasteiger partial charge in [-0.2, -0.15) is 0 Å². The van der Waals surface area contributed by atoms with Gasteiger partial charge in [0.05, 0.1) is 0 Å². The maximum Gasteiger partial charge on any atom is 0.133 e. The number of phenols is 1. The Bertz CT molecular complexity index is 771. The third-order valence-electron chi connectivity index (χ3n) is 3.53. The second-order valence-corrected chi connectivity index (χ2v) is 5.04. The third-order valence-corrected chi connectivity index (χ3v) is 3.53. The van der Waals surface area contributed by atoms with Crippen molar-refractivity contribution in [2.45, 2.75) is 6.54 Å². The van der Waals surface area contributed by atoms with E-state index in [1.54, 1.807) is 18.2 Å². The van der Waals surface area contributed by atoms with Gasteiger partial charge in [-0.25, -0.2) is 4.39 Å². The number of hydrogen-bond donors (Lipinski definition) is 2. The summed E-state index contributed by atoms with van der Waals surface area (Å²) in [6.45, 7) is 0.441. The van der Waals surface area contributed by atoms with E-state index in [2.05, 4.69) is 5.32 Å². The van der Waals surface area contributed by atoms with Crippen LogP contribution in [0.25, 0.3) is 11.1 Å². The normalized spacial score (nSPS) is 10.4. The van der Waals surface area contributed by atoms with Crippen LogP contribution in [0.4, 0.5) is 10.1 Å². The number of nitrogens with one attached hydrogen (secondary N) is 1. The first-order valence-corrected chi connectivity index (χ1v) is 7.10. The molecule has 3 aromatic rings. The molecule has 0 amide bonds. The highest BCUT2D eigenvalue weighted by molar-refractivity contribution is 5.66. The number of anilines is 1. The third kappa shape index (κ3) is 3.09. The number of phenolic OH excluding ortho intramolecular Hbond substituents is 1. The Balaban J connectivity index is 1.77. The van der Waals surface area contributed by atoms with E-state index in [-0.39, 0.29) is 11.6 Å². The number of hydrogen-bond acceptors (Lipinski definition) is 2. The SMILES string of the molecule is Oc1ccccc1CNc1ccc(-c2ccccc2)c(F)c1. The van der Waals surface area contributed by atoms with E-state index in [9.17, 15) is 9.50 Å². The Kier molecular flexibility index (Phi) is 4.05. The predicted octanol–water partition coefficient (Wildman–Crippen LogP) is 4.81. The van der Waals surface area contributed by atoms with E-state index in [0.717, 1.165) is 11.1 Å². The maximum atomic E-state index is 14.3. The Morgan fingerprint density at radius 1 is 0.864 bits per heavy atom. The van der Waals surface area contributed by atoms with Gasteiger partial charge in [-0.1, -0.05) is 48.5 Å². The standard InChI is InChI=1S/C19H16FNO/c20-18-12-16(21-13-15-8-4-5-9-19(15)22)10-11-17(18)14-6-2-1-3-7-14/h1-12,21-22H,13H2. The predicted molar refractivity (Wildman–Crippen MR) is 87.3 cm³/mol. The molecule has 0 spiro atoms. The quantitative estimate of drug-likeness (QED) is 0.723. The van der Waals surface area contributed by atoms with Crippen LogP contribution in [0.5, 0.6) is 5.75 Å². The Morgan fingerprint density at radius 2 is 1.59 bits per heavy atom. The maximum absolute atomic E-state index is 14.3. The molecule has 0 aromatic heterocycles. The molecule has 0 aliphatic carbocycles. The first kappa shape index (κ1) is 14.1. The number of rotatable bonds is 4. The number of aromatic hydroxyl groups is 1. The van der Waals surface area contributed by atoms with Gasteiger partial charge in [0.2, 0.25) is 0 Å². The average molecular weight is 293 g/mol. The molecule has 0 radical (unpaired) electrons. The van der Waals surface area contributed by atoms with Gasteiger partial charge < -0.3 is 10.4 Å². The molecule has 0 heterocycles. The van der Waals surface area contributed by atoms with Crippen molar-refractivity contribution in [1.82, 2.24) is 0 Å². The van der Waals surface area contributed by atoms with Gasteiger partial charge in [0.15, 0.2) is 0 Å². The van der Waals surface area contributed by atoms with Crippen molar-refractivity contribution in [1.29, 1.82) is 0 Å². The smallest absolute Gasteiger partial charge is 0.133 e. The van der Waals surface area contributed by atoms with E-state index in [1.165, 1.54) is 6.07 Å². The van der Waals surface area contributed by atoms with Gasteiger partial charge in [0, 0.05) is 23.4 Å². The van der Waals surface area contributed by atoms with Crippen LogP contribution in [-0.4, -0.2) is 5.11 Å². The van der Waals surface area contributed by atoms with Crippen LogP contribution in [0.2, 0.25) is 0 Å². The fourth-order valence-corrected chi connectivity index (χ4v) is 2.33. The molecule has 2 N–H and O–H groups in total. The molecule has 0 saturated heterocycles. The molecule has 0 bridgehead atoms. The molecule has 110 valence electrons. The van der Waals surface area contributed by atoms with Gasteiger partial charge in [-0.05, 0) is 29.8 Å². The van der Waals surface area contributed by atoms with Crippen LogP contribution in [-0.2, 0) is 6.54 Å². The molecule has 3 aromatic carbocycles. The minimum atomic E-state index is -0.270. The average Bonchev–Trinajstić information content (AvgIpc) is 2.55. The number of benzene rings is 3. The lowest BCUT2D eigenvalue weighted by molar-refractivity contribution is 0.469. The zero-order valence-corrected chi connectivity index (χ0v) is 12.0. The summed E-state index contributed by atoms with van der Waals surface area (Å²) in [5, 5.41) is 12.8. The molecule has 2 nitrogen and oxygen atoms in total. The topological polar surface area (TPSA) is 32.3 Å². The van der Waals surface area contributed by atoms with E-state index in [1.807, 2.05) is 48.5 Å². The lowest BCUT2D eigenvalue weighted by Crippen LogP contribution is -2.00. The Hall–Kier alpha value is -2.81. The second kappa shape index (κ2) is 6.31. The summed E-state index contributed by atoms with van der Waals surface area (Å²) in [5.41, 5.74) is 2.89. The van der Waals surface area contributed by atoms with Crippen molar-refractivity contribution in [3.8, 4) is 16.9 Å². The van der Waals surface area contributed by atoms with Crippen molar-refractivity contribution in [2.24, 2.45) is 0 Å². The molecule has 3 rings (SSSR count). The summed E-state index contributed by atoms with van der Waals surface area (Å²) >= 11 is 0. The van der Waals surface area contributed by atoms with Crippen molar-refractivity contribution < 1.29 is 9.50 Å². The molecular formula is C19H16FNO.